The lowest BCUT2D eigenvalue weighted by Crippen LogP contribution is -2.01. The van der Waals surface area contributed by atoms with Crippen molar-refractivity contribution in [1.82, 2.24) is 9.97 Å². The lowest BCUT2D eigenvalue weighted by Gasteiger charge is -2.03. The highest BCUT2D eigenvalue weighted by atomic mass is 79.9. The Labute approximate surface area is 120 Å². The van der Waals surface area contributed by atoms with Gasteiger partial charge in [0, 0.05) is 5.56 Å². The summed E-state index contributed by atoms with van der Waals surface area (Å²) in [4.78, 5) is 18.1. The molecule has 0 bridgehead atoms. The molecule has 100 valence electrons. The van der Waals surface area contributed by atoms with Crippen molar-refractivity contribution in [3.63, 3.8) is 0 Å². The van der Waals surface area contributed by atoms with Crippen LogP contribution in [0.1, 0.15) is 24.6 Å². The molecular weight excluding hydrogens is 308 g/mol. The van der Waals surface area contributed by atoms with Gasteiger partial charge in [0.1, 0.15) is 0 Å². The summed E-state index contributed by atoms with van der Waals surface area (Å²) in [7, 11) is 0. The molecule has 0 aliphatic heterocycles. The van der Waals surface area contributed by atoms with Crippen LogP contribution < -0.4 is 0 Å². The first-order chi connectivity index (χ1) is 9.10. The number of aromatic amines is 1. The van der Waals surface area contributed by atoms with E-state index in [1.54, 1.807) is 0 Å². The zero-order valence-electron chi connectivity index (χ0n) is 10.6. The summed E-state index contributed by atoms with van der Waals surface area (Å²) >= 11 is 3.25. The number of aryl methyl sites for hydroxylation is 1. The minimum absolute atomic E-state index is 0.0648. The van der Waals surface area contributed by atoms with Gasteiger partial charge in [0.05, 0.1) is 17.8 Å². The van der Waals surface area contributed by atoms with E-state index in [1.165, 1.54) is 5.56 Å². The molecule has 0 saturated heterocycles. The van der Waals surface area contributed by atoms with Crippen LogP contribution in [0, 0.1) is 0 Å². The van der Waals surface area contributed by atoms with Gasteiger partial charge >= 0.3 is 5.97 Å². The number of nitrogens with zero attached hydrogens (tertiary/aromatic N) is 1. The van der Waals surface area contributed by atoms with Gasteiger partial charge in [-0.25, -0.2) is 4.98 Å². The van der Waals surface area contributed by atoms with Crippen molar-refractivity contribution in [2.75, 3.05) is 0 Å². The number of imidazole rings is 1. The Morgan fingerprint density at radius 3 is 2.63 bits per heavy atom. The zero-order chi connectivity index (χ0) is 13.8. The third-order valence-electron chi connectivity index (χ3n) is 2.84. The number of carbonyl (C=O) groups is 1. The molecule has 0 saturated carbocycles. The standard InChI is InChI=1S/C14H15BrN2O2/c1-2-3-9-4-6-10(7-5-9)13-11(8-12(18)19)16-14(15)17-13/h4-7H,2-3,8H2,1H3,(H,16,17)(H,18,19). The number of hydrogen-bond donors (Lipinski definition) is 2. The fourth-order valence-electron chi connectivity index (χ4n) is 2.01. The molecule has 0 spiro atoms. The van der Waals surface area contributed by atoms with Gasteiger partial charge in [-0.05, 0) is 27.9 Å². The second kappa shape index (κ2) is 6.02. The summed E-state index contributed by atoms with van der Waals surface area (Å²) in [6, 6.07) is 8.09. The van der Waals surface area contributed by atoms with E-state index in [1.807, 2.05) is 12.1 Å². The largest absolute Gasteiger partial charge is 0.481 e. The molecule has 0 unspecified atom stereocenters. The van der Waals surface area contributed by atoms with Crippen LogP contribution in [-0.2, 0) is 17.6 Å². The third-order valence-corrected chi connectivity index (χ3v) is 3.22. The molecule has 0 fully saturated rings. The van der Waals surface area contributed by atoms with Crippen LogP contribution in [0.3, 0.4) is 0 Å². The average Bonchev–Trinajstić information content (AvgIpc) is 2.71. The van der Waals surface area contributed by atoms with E-state index >= 15 is 0 Å². The molecule has 2 rings (SSSR count). The fourth-order valence-corrected chi connectivity index (χ4v) is 2.43. The van der Waals surface area contributed by atoms with E-state index < -0.39 is 5.97 Å². The van der Waals surface area contributed by atoms with Gasteiger partial charge in [0.15, 0.2) is 4.73 Å². The number of benzene rings is 1. The molecule has 2 aromatic rings. The van der Waals surface area contributed by atoms with Crippen molar-refractivity contribution in [3.05, 3.63) is 40.3 Å². The molecule has 0 amide bonds. The zero-order valence-corrected chi connectivity index (χ0v) is 12.2. The van der Waals surface area contributed by atoms with Crippen LogP contribution in [0.5, 0.6) is 0 Å². The van der Waals surface area contributed by atoms with Crippen LogP contribution >= 0.6 is 15.9 Å². The Kier molecular flexibility index (Phi) is 4.37. The first-order valence-electron chi connectivity index (χ1n) is 6.15. The van der Waals surface area contributed by atoms with Crippen LogP contribution in [0.2, 0.25) is 0 Å². The van der Waals surface area contributed by atoms with Crippen molar-refractivity contribution >= 4 is 21.9 Å². The van der Waals surface area contributed by atoms with Crippen LogP contribution in [0.15, 0.2) is 29.0 Å². The van der Waals surface area contributed by atoms with E-state index in [-0.39, 0.29) is 6.42 Å². The number of aromatic nitrogens is 2. The number of carboxylic acids is 1. The monoisotopic (exact) mass is 322 g/mol. The van der Waals surface area contributed by atoms with Gasteiger partial charge in [-0.15, -0.1) is 0 Å². The Bertz CT molecular complexity index is 576. The Morgan fingerprint density at radius 1 is 1.37 bits per heavy atom. The number of halogens is 1. The van der Waals surface area contributed by atoms with Crippen molar-refractivity contribution in [2.45, 2.75) is 26.2 Å². The van der Waals surface area contributed by atoms with Gasteiger partial charge in [-0.2, -0.15) is 0 Å². The average molecular weight is 323 g/mol. The number of H-pyrrole nitrogens is 1. The molecule has 5 heteroatoms. The first-order valence-corrected chi connectivity index (χ1v) is 6.95. The normalized spacial score (nSPS) is 10.6. The molecule has 0 aliphatic rings. The minimum Gasteiger partial charge on any atom is -0.481 e. The van der Waals surface area contributed by atoms with Gasteiger partial charge in [0.2, 0.25) is 0 Å². The summed E-state index contributed by atoms with van der Waals surface area (Å²) in [5.41, 5.74) is 3.51. The highest BCUT2D eigenvalue weighted by Crippen LogP contribution is 2.24. The van der Waals surface area contributed by atoms with E-state index in [0.29, 0.717) is 16.1 Å². The van der Waals surface area contributed by atoms with E-state index in [0.717, 1.165) is 18.4 Å². The van der Waals surface area contributed by atoms with E-state index in [4.69, 9.17) is 5.11 Å². The molecule has 19 heavy (non-hydrogen) atoms. The van der Waals surface area contributed by atoms with Gasteiger partial charge in [-0.3, -0.25) is 4.79 Å². The molecule has 0 aliphatic carbocycles. The van der Waals surface area contributed by atoms with E-state index in [2.05, 4.69) is 45.0 Å². The fraction of sp³-hybridized carbons (Fsp3) is 0.286. The number of aliphatic carboxylic acids is 1. The number of carboxylic acid groups (broad SMARTS) is 1. The number of hydrogen-bond acceptors (Lipinski definition) is 2. The Balaban J connectivity index is 2.32. The second-order valence-electron chi connectivity index (χ2n) is 4.37. The molecule has 1 heterocycles. The van der Waals surface area contributed by atoms with Gasteiger partial charge in [0.25, 0.3) is 0 Å². The predicted molar refractivity (Wildman–Crippen MR) is 77.1 cm³/mol. The number of nitrogens with one attached hydrogen (secondary N) is 1. The van der Waals surface area contributed by atoms with Crippen LogP contribution in [0.4, 0.5) is 0 Å². The highest BCUT2D eigenvalue weighted by molar-refractivity contribution is 9.10. The SMILES string of the molecule is CCCc1ccc(-c2nc(Br)[nH]c2CC(=O)O)cc1. The Morgan fingerprint density at radius 2 is 2.05 bits per heavy atom. The summed E-state index contributed by atoms with van der Waals surface area (Å²) in [5, 5.41) is 8.90. The lowest BCUT2D eigenvalue weighted by atomic mass is 10.0. The van der Waals surface area contributed by atoms with E-state index in [9.17, 15) is 4.79 Å². The van der Waals surface area contributed by atoms with Gasteiger partial charge < -0.3 is 10.1 Å². The van der Waals surface area contributed by atoms with Crippen molar-refractivity contribution in [1.29, 1.82) is 0 Å². The second-order valence-corrected chi connectivity index (χ2v) is 5.12. The summed E-state index contributed by atoms with van der Waals surface area (Å²) in [6.07, 6.45) is 2.09. The maximum atomic E-state index is 10.8. The maximum absolute atomic E-state index is 10.8. The molecule has 0 radical (unpaired) electrons. The molecule has 1 aromatic carbocycles. The maximum Gasteiger partial charge on any atom is 0.309 e. The number of rotatable bonds is 5. The molecule has 1 aromatic heterocycles. The lowest BCUT2D eigenvalue weighted by molar-refractivity contribution is -0.136. The summed E-state index contributed by atoms with van der Waals surface area (Å²) < 4.78 is 0.552. The molecule has 0 atom stereocenters. The molecule has 2 N–H and O–H groups in total. The van der Waals surface area contributed by atoms with Gasteiger partial charge in [-0.1, -0.05) is 37.6 Å². The van der Waals surface area contributed by atoms with Crippen LogP contribution in [0.25, 0.3) is 11.3 Å². The third kappa shape index (κ3) is 3.44. The summed E-state index contributed by atoms with van der Waals surface area (Å²) in [5.74, 6) is -0.875. The highest BCUT2D eigenvalue weighted by Gasteiger charge is 2.13. The quantitative estimate of drug-likeness (QED) is 0.886. The van der Waals surface area contributed by atoms with Crippen molar-refractivity contribution in [2.24, 2.45) is 0 Å². The molecule has 4 nitrogen and oxygen atoms in total. The topological polar surface area (TPSA) is 66.0 Å². The smallest absolute Gasteiger partial charge is 0.309 e. The van der Waals surface area contributed by atoms with Crippen molar-refractivity contribution in [3.8, 4) is 11.3 Å². The summed E-state index contributed by atoms with van der Waals surface area (Å²) in [6.45, 7) is 2.14. The molecular formula is C14H15BrN2O2. The minimum atomic E-state index is -0.875. The van der Waals surface area contributed by atoms with Crippen LogP contribution in [-0.4, -0.2) is 21.0 Å². The van der Waals surface area contributed by atoms with Crippen molar-refractivity contribution < 1.29 is 9.90 Å². The predicted octanol–water partition coefficient (Wildman–Crippen LogP) is 3.42. The first kappa shape index (κ1) is 13.8. The Hall–Kier alpha value is -1.62.